The number of aliphatic hydroxyl groups is 1. The molecule has 1 aromatic rings. The molecule has 1 unspecified atom stereocenters. The number of hydrogen-bond donors (Lipinski definition) is 1. The van der Waals surface area contributed by atoms with E-state index in [4.69, 9.17) is 11.6 Å². The number of pyridine rings is 1. The van der Waals surface area contributed by atoms with Crippen molar-refractivity contribution in [3.05, 3.63) is 30.1 Å². The van der Waals surface area contributed by atoms with Gasteiger partial charge in [0.2, 0.25) is 0 Å². The number of aromatic nitrogens is 1. The number of halogens is 2. The van der Waals surface area contributed by atoms with E-state index in [0.717, 1.165) is 5.69 Å². The molecule has 0 spiro atoms. The van der Waals surface area contributed by atoms with Crippen molar-refractivity contribution < 1.29 is 22.1 Å². The quantitative estimate of drug-likeness (QED) is 0.459. The van der Waals surface area contributed by atoms with Crippen LogP contribution in [0.5, 0.6) is 0 Å². The van der Waals surface area contributed by atoms with Crippen LogP contribution in [0.4, 0.5) is 0 Å². The lowest BCUT2D eigenvalue weighted by Crippen LogP contribution is -3.00. The van der Waals surface area contributed by atoms with Crippen LogP contribution < -0.4 is 17.0 Å². The third-order valence-electron chi connectivity index (χ3n) is 1.75. The molecule has 1 heterocycles. The second-order valence-corrected chi connectivity index (χ2v) is 3.11. The molecule has 1 atom stereocenters. The van der Waals surface area contributed by atoms with Crippen molar-refractivity contribution in [2.24, 2.45) is 0 Å². The summed E-state index contributed by atoms with van der Waals surface area (Å²) < 4.78 is 1.98. The van der Waals surface area contributed by atoms with Crippen LogP contribution in [0.1, 0.15) is 5.69 Å². The zero-order valence-corrected chi connectivity index (χ0v) is 8.96. The minimum Gasteiger partial charge on any atom is -1.00 e. The number of hydrogen-bond acceptors (Lipinski definition) is 1. The summed E-state index contributed by atoms with van der Waals surface area (Å²) >= 11 is 5.49. The molecular weight excluding hydrogens is 209 g/mol. The molecule has 0 saturated heterocycles. The molecule has 0 bridgehead atoms. The normalized spacial score (nSPS) is 11.9. The van der Waals surface area contributed by atoms with Gasteiger partial charge in [0.05, 0.1) is 5.88 Å². The SMILES string of the molecule is Cc1cccc[n+]1CC(O)CCl.[Cl-]. The van der Waals surface area contributed by atoms with Gasteiger partial charge >= 0.3 is 0 Å². The highest BCUT2D eigenvalue weighted by Crippen LogP contribution is 1.91. The molecule has 0 aliphatic carbocycles. The molecule has 0 fully saturated rings. The number of rotatable bonds is 3. The molecule has 0 aliphatic heterocycles. The average Bonchev–Trinajstić information content (AvgIpc) is 2.09. The molecule has 1 rings (SSSR count). The minimum absolute atomic E-state index is 0. The van der Waals surface area contributed by atoms with E-state index in [2.05, 4.69) is 0 Å². The molecule has 74 valence electrons. The Balaban J connectivity index is 0.00000144. The minimum atomic E-state index is -0.460. The Bertz CT molecular complexity index is 255. The van der Waals surface area contributed by atoms with E-state index in [-0.39, 0.29) is 18.3 Å². The molecule has 0 saturated carbocycles. The smallest absolute Gasteiger partial charge is 0.178 e. The Kier molecular flexibility index (Phi) is 6.04. The maximum atomic E-state index is 9.28. The maximum absolute atomic E-state index is 9.28. The molecule has 0 aromatic carbocycles. The second kappa shape index (κ2) is 6.19. The summed E-state index contributed by atoms with van der Waals surface area (Å²) in [5.41, 5.74) is 1.13. The van der Waals surface area contributed by atoms with Gasteiger partial charge < -0.3 is 17.5 Å². The summed E-state index contributed by atoms with van der Waals surface area (Å²) in [6.45, 7) is 2.57. The number of aryl methyl sites for hydroxylation is 1. The largest absolute Gasteiger partial charge is 1.00 e. The highest BCUT2D eigenvalue weighted by molar-refractivity contribution is 6.18. The molecule has 4 heteroatoms. The summed E-state index contributed by atoms with van der Waals surface area (Å²) in [5, 5.41) is 9.28. The van der Waals surface area contributed by atoms with E-state index in [1.807, 2.05) is 35.9 Å². The predicted molar refractivity (Wildman–Crippen MR) is 48.1 cm³/mol. The van der Waals surface area contributed by atoms with Gasteiger partial charge in [-0.15, -0.1) is 11.6 Å². The summed E-state index contributed by atoms with van der Waals surface area (Å²) in [5.74, 6) is 0.279. The van der Waals surface area contributed by atoms with Crippen molar-refractivity contribution in [3.8, 4) is 0 Å². The van der Waals surface area contributed by atoms with Gasteiger partial charge in [-0.3, -0.25) is 0 Å². The summed E-state index contributed by atoms with van der Waals surface area (Å²) in [4.78, 5) is 0. The molecule has 0 radical (unpaired) electrons. The number of aliphatic hydroxyl groups excluding tert-OH is 1. The molecule has 13 heavy (non-hydrogen) atoms. The van der Waals surface area contributed by atoms with Crippen LogP contribution in [0.3, 0.4) is 0 Å². The third kappa shape index (κ3) is 3.94. The summed E-state index contributed by atoms with van der Waals surface area (Å²) in [7, 11) is 0. The number of nitrogens with zero attached hydrogens (tertiary/aromatic N) is 1. The molecule has 0 aliphatic rings. The molecule has 2 nitrogen and oxygen atoms in total. The summed E-state index contributed by atoms with van der Waals surface area (Å²) in [6, 6.07) is 5.91. The fourth-order valence-corrected chi connectivity index (χ4v) is 1.14. The van der Waals surface area contributed by atoms with Gasteiger partial charge in [0.25, 0.3) is 0 Å². The Morgan fingerprint density at radius 2 is 2.23 bits per heavy atom. The fourth-order valence-electron chi connectivity index (χ4n) is 1.04. The van der Waals surface area contributed by atoms with Crippen LogP contribution in [0.2, 0.25) is 0 Å². The van der Waals surface area contributed by atoms with Crippen LogP contribution >= 0.6 is 11.6 Å². The van der Waals surface area contributed by atoms with Crippen molar-refractivity contribution in [1.82, 2.24) is 0 Å². The Morgan fingerprint density at radius 3 is 2.77 bits per heavy atom. The Morgan fingerprint density at radius 1 is 1.54 bits per heavy atom. The van der Waals surface area contributed by atoms with Crippen LogP contribution in [-0.2, 0) is 6.54 Å². The van der Waals surface area contributed by atoms with Gasteiger partial charge in [-0.2, -0.15) is 4.57 Å². The topological polar surface area (TPSA) is 24.1 Å². The second-order valence-electron chi connectivity index (χ2n) is 2.80. The lowest BCUT2D eigenvalue weighted by molar-refractivity contribution is -0.708. The van der Waals surface area contributed by atoms with Crippen molar-refractivity contribution in [2.75, 3.05) is 5.88 Å². The lowest BCUT2D eigenvalue weighted by atomic mass is 10.3. The van der Waals surface area contributed by atoms with E-state index < -0.39 is 6.10 Å². The van der Waals surface area contributed by atoms with Crippen molar-refractivity contribution in [1.29, 1.82) is 0 Å². The highest BCUT2D eigenvalue weighted by atomic mass is 35.5. The van der Waals surface area contributed by atoms with Gasteiger partial charge in [0, 0.05) is 19.1 Å². The zero-order valence-electron chi connectivity index (χ0n) is 7.45. The Labute approximate surface area is 89.6 Å². The van der Waals surface area contributed by atoms with Crippen LogP contribution in [0.25, 0.3) is 0 Å². The van der Waals surface area contributed by atoms with Crippen LogP contribution in [0, 0.1) is 6.92 Å². The lowest BCUT2D eigenvalue weighted by Gasteiger charge is -2.03. The fraction of sp³-hybridized carbons (Fsp3) is 0.444. The van der Waals surface area contributed by atoms with Gasteiger partial charge in [-0.05, 0) is 0 Å². The Hall–Kier alpha value is -0.310. The first-order valence-corrected chi connectivity index (χ1v) is 4.46. The average molecular weight is 222 g/mol. The van der Waals surface area contributed by atoms with E-state index in [0.29, 0.717) is 6.54 Å². The highest BCUT2D eigenvalue weighted by Gasteiger charge is 2.10. The molecule has 1 N–H and O–H groups in total. The van der Waals surface area contributed by atoms with Gasteiger partial charge in [-0.25, -0.2) is 0 Å². The molecule has 0 amide bonds. The van der Waals surface area contributed by atoms with E-state index in [9.17, 15) is 5.11 Å². The summed E-state index contributed by atoms with van der Waals surface area (Å²) in [6.07, 6.45) is 1.48. The van der Waals surface area contributed by atoms with Crippen molar-refractivity contribution in [2.45, 2.75) is 19.6 Å². The first-order chi connectivity index (χ1) is 5.74. The molecule has 1 aromatic heterocycles. The first-order valence-electron chi connectivity index (χ1n) is 3.93. The molecular formula is C9H13Cl2NO. The van der Waals surface area contributed by atoms with Crippen LogP contribution in [-0.4, -0.2) is 17.1 Å². The predicted octanol–water partition coefficient (Wildman–Crippen LogP) is -2.11. The monoisotopic (exact) mass is 221 g/mol. The van der Waals surface area contributed by atoms with Gasteiger partial charge in [0.15, 0.2) is 18.4 Å². The number of alkyl halides is 1. The third-order valence-corrected chi connectivity index (χ3v) is 2.11. The van der Waals surface area contributed by atoms with E-state index in [1.165, 1.54) is 0 Å². The van der Waals surface area contributed by atoms with Crippen molar-refractivity contribution in [3.63, 3.8) is 0 Å². The van der Waals surface area contributed by atoms with Crippen LogP contribution in [0.15, 0.2) is 24.4 Å². The van der Waals surface area contributed by atoms with E-state index >= 15 is 0 Å². The van der Waals surface area contributed by atoms with Gasteiger partial charge in [-0.1, -0.05) is 6.07 Å². The standard InChI is InChI=1S/C9H13ClNO.ClH/c1-8-4-2-3-5-11(8)7-9(12)6-10;/h2-5,9,12H,6-7H2,1H3;1H/q+1;/p-1. The van der Waals surface area contributed by atoms with E-state index in [1.54, 1.807) is 0 Å². The zero-order chi connectivity index (χ0) is 8.97. The maximum Gasteiger partial charge on any atom is 0.178 e. The van der Waals surface area contributed by atoms with Crippen molar-refractivity contribution >= 4 is 11.6 Å². The first kappa shape index (κ1) is 12.7. The van der Waals surface area contributed by atoms with Gasteiger partial charge in [0.1, 0.15) is 6.10 Å².